The molecule has 0 N–H and O–H groups in total. The van der Waals surface area contributed by atoms with Crippen molar-refractivity contribution in [3.8, 4) is 0 Å². The van der Waals surface area contributed by atoms with Crippen molar-refractivity contribution in [2.75, 3.05) is 13.2 Å². The van der Waals surface area contributed by atoms with Gasteiger partial charge in [0.25, 0.3) is 0 Å². The van der Waals surface area contributed by atoms with Gasteiger partial charge >= 0.3 is 11.8 Å². The van der Waals surface area contributed by atoms with E-state index in [4.69, 9.17) is 11.3 Å². The minimum Gasteiger partial charge on any atom is -0.465 e. The standard InChI is InChI=1S/C16H17N5O3/c1-3-24-15(23)10-20(11-4-5-11)14(22)9-21-13-8-18-7-6-12(13)16(17-2)19-21/h6-8,11H,3-5,9-10H2,1H3. The zero-order valence-corrected chi connectivity index (χ0v) is 13.3. The minimum atomic E-state index is -0.411. The summed E-state index contributed by atoms with van der Waals surface area (Å²) in [4.78, 5) is 33.3. The molecule has 0 unspecified atom stereocenters. The molecule has 1 amide bonds. The van der Waals surface area contributed by atoms with Crippen LogP contribution in [0.15, 0.2) is 18.5 Å². The van der Waals surface area contributed by atoms with Crippen LogP contribution < -0.4 is 0 Å². The number of aromatic nitrogens is 3. The topological polar surface area (TPSA) is 81.7 Å². The largest absolute Gasteiger partial charge is 0.465 e. The molecule has 0 saturated heterocycles. The summed E-state index contributed by atoms with van der Waals surface area (Å²) in [6, 6.07) is 1.79. The highest BCUT2D eigenvalue weighted by atomic mass is 16.5. The third-order valence-corrected chi connectivity index (χ3v) is 3.84. The summed E-state index contributed by atoms with van der Waals surface area (Å²) in [5.74, 6) is -0.384. The Hall–Kier alpha value is -2.95. The molecule has 0 aromatic carbocycles. The monoisotopic (exact) mass is 327 g/mol. The number of fused-ring (bicyclic) bond motifs is 1. The Labute approximate surface area is 138 Å². The summed E-state index contributed by atoms with van der Waals surface area (Å²) in [6.45, 7) is 9.13. The van der Waals surface area contributed by atoms with E-state index in [9.17, 15) is 9.59 Å². The maximum Gasteiger partial charge on any atom is 0.325 e. The smallest absolute Gasteiger partial charge is 0.325 e. The zero-order chi connectivity index (χ0) is 17.1. The molecule has 1 fully saturated rings. The van der Waals surface area contributed by atoms with E-state index in [0.717, 1.165) is 12.8 Å². The molecule has 0 aliphatic heterocycles. The average molecular weight is 327 g/mol. The number of carbonyl (C=O) groups excluding carboxylic acids is 2. The van der Waals surface area contributed by atoms with Gasteiger partial charge in [0.15, 0.2) is 0 Å². The second kappa shape index (κ2) is 6.66. The fourth-order valence-corrected chi connectivity index (χ4v) is 2.58. The molecule has 0 radical (unpaired) electrons. The van der Waals surface area contributed by atoms with Crippen LogP contribution in [-0.2, 0) is 20.9 Å². The molecule has 0 bridgehead atoms. The van der Waals surface area contributed by atoms with Gasteiger partial charge in [0.05, 0.1) is 18.3 Å². The molecule has 124 valence electrons. The van der Waals surface area contributed by atoms with E-state index in [1.54, 1.807) is 30.3 Å². The van der Waals surface area contributed by atoms with Crippen LogP contribution in [0, 0.1) is 6.57 Å². The third-order valence-electron chi connectivity index (χ3n) is 3.84. The predicted molar refractivity (Wildman–Crippen MR) is 85.2 cm³/mol. The molecule has 1 saturated carbocycles. The first-order valence-electron chi connectivity index (χ1n) is 7.77. The number of pyridine rings is 1. The van der Waals surface area contributed by atoms with Crippen molar-refractivity contribution in [3.63, 3.8) is 0 Å². The second-order valence-corrected chi connectivity index (χ2v) is 5.54. The van der Waals surface area contributed by atoms with Gasteiger partial charge in [0.2, 0.25) is 5.91 Å². The fourth-order valence-electron chi connectivity index (χ4n) is 2.58. The van der Waals surface area contributed by atoms with E-state index in [1.165, 1.54) is 4.68 Å². The summed E-state index contributed by atoms with van der Waals surface area (Å²) in [6.07, 6.45) is 4.94. The van der Waals surface area contributed by atoms with Crippen molar-refractivity contribution < 1.29 is 14.3 Å². The Balaban J connectivity index is 1.80. The maximum atomic E-state index is 12.6. The molecular weight excluding hydrogens is 310 g/mol. The molecule has 0 atom stereocenters. The lowest BCUT2D eigenvalue weighted by atomic mass is 10.3. The van der Waals surface area contributed by atoms with Crippen LogP contribution in [0.3, 0.4) is 0 Å². The predicted octanol–water partition coefficient (Wildman–Crippen LogP) is 1.54. The van der Waals surface area contributed by atoms with Crippen molar-refractivity contribution in [2.45, 2.75) is 32.4 Å². The van der Waals surface area contributed by atoms with Crippen molar-refractivity contribution >= 4 is 28.6 Å². The molecule has 1 aliphatic carbocycles. The van der Waals surface area contributed by atoms with E-state index in [1.807, 2.05) is 0 Å². The number of nitrogens with zero attached hydrogens (tertiary/aromatic N) is 5. The Morgan fingerprint density at radius 2 is 2.29 bits per heavy atom. The number of rotatable bonds is 6. The lowest BCUT2D eigenvalue weighted by molar-refractivity contribution is -0.149. The SMILES string of the molecule is [C-]#[N+]c1nn(CC(=O)N(CC(=O)OCC)C2CC2)c2cnccc12. The molecule has 2 aromatic rings. The molecule has 8 nitrogen and oxygen atoms in total. The normalized spacial score (nSPS) is 13.5. The van der Waals surface area contributed by atoms with E-state index in [0.29, 0.717) is 10.9 Å². The van der Waals surface area contributed by atoms with Crippen LogP contribution in [0.25, 0.3) is 15.7 Å². The number of carbonyl (C=O) groups is 2. The van der Waals surface area contributed by atoms with Gasteiger partial charge in [-0.1, -0.05) is 6.57 Å². The minimum absolute atomic E-state index is 0.0341. The lowest BCUT2D eigenvalue weighted by Crippen LogP contribution is -2.40. The van der Waals surface area contributed by atoms with E-state index >= 15 is 0 Å². The third kappa shape index (κ3) is 3.20. The second-order valence-electron chi connectivity index (χ2n) is 5.54. The van der Waals surface area contributed by atoms with E-state index in [2.05, 4.69) is 14.9 Å². The number of amides is 1. The van der Waals surface area contributed by atoms with Crippen LogP contribution in [0.2, 0.25) is 0 Å². The highest BCUT2D eigenvalue weighted by Gasteiger charge is 2.34. The Morgan fingerprint density at radius 3 is 2.96 bits per heavy atom. The van der Waals surface area contributed by atoms with E-state index < -0.39 is 5.97 Å². The van der Waals surface area contributed by atoms with Gasteiger partial charge in [-0.25, -0.2) is 0 Å². The lowest BCUT2D eigenvalue weighted by Gasteiger charge is -2.20. The summed E-state index contributed by atoms with van der Waals surface area (Å²) in [5.41, 5.74) is 0.628. The summed E-state index contributed by atoms with van der Waals surface area (Å²) >= 11 is 0. The first kappa shape index (κ1) is 15.9. The highest BCUT2D eigenvalue weighted by molar-refractivity contribution is 5.91. The molecule has 1 aliphatic rings. The molecule has 0 spiro atoms. The maximum absolute atomic E-state index is 12.6. The first-order valence-corrected chi connectivity index (χ1v) is 7.77. The Morgan fingerprint density at radius 1 is 1.50 bits per heavy atom. The number of hydrogen-bond acceptors (Lipinski definition) is 5. The van der Waals surface area contributed by atoms with Crippen molar-refractivity contribution in [2.24, 2.45) is 0 Å². The highest BCUT2D eigenvalue weighted by Crippen LogP contribution is 2.28. The molecule has 2 heterocycles. The van der Waals surface area contributed by atoms with Crippen molar-refractivity contribution in [1.82, 2.24) is 19.7 Å². The van der Waals surface area contributed by atoms with Crippen LogP contribution >= 0.6 is 0 Å². The van der Waals surface area contributed by atoms with Gasteiger partial charge in [-0.15, -0.1) is 0 Å². The Kier molecular flexibility index (Phi) is 4.42. The molecule has 3 rings (SSSR count). The van der Waals surface area contributed by atoms with Gasteiger partial charge in [-0.05, 0) is 30.9 Å². The van der Waals surface area contributed by atoms with Gasteiger partial charge in [0.1, 0.15) is 13.1 Å². The van der Waals surface area contributed by atoms with Gasteiger partial charge in [-0.3, -0.25) is 14.6 Å². The first-order chi connectivity index (χ1) is 11.6. The van der Waals surface area contributed by atoms with Gasteiger partial charge < -0.3 is 14.5 Å². The number of ether oxygens (including phenoxy) is 1. The summed E-state index contributed by atoms with van der Waals surface area (Å²) in [5, 5.41) is 4.85. The number of hydrogen-bond donors (Lipinski definition) is 0. The zero-order valence-electron chi connectivity index (χ0n) is 13.3. The number of esters is 1. The molecular formula is C16H17N5O3. The summed E-state index contributed by atoms with van der Waals surface area (Å²) in [7, 11) is 0. The molecule has 2 aromatic heterocycles. The van der Waals surface area contributed by atoms with Crippen LogP contribution in [-0.4, -0.2) is 50.7 Å². The Bertz CT molecular complexity index is 819. The molecule has 8 heteroatoms. The van der Waals surface area contributed by atoms with Crippen molar-refractivity contribution in [3.05, 3.63) is 29.9 Å². The summed E-state index contributed by atoms with van der Waals surface area (Å²) < 4.78 is 6.41. The van der Waals surface area contributed by atoms with Crippen LogP contribution in [0.1, 0.15) is 19.8 Å². The van der Waals surface area contributed by atoms with Crippen LogP contribution in [0.5, 0.6) is 0 Å². The molecule has 24 heavy (non-hydrogen) atoms. The quantitative estimate of drug-likeness (QED) is 0.594. The van der Waals surface area contributed by atoms with Gasteiger partial charge in [0, 0.05) is 17.6 Å². The van der Waals surface area contributed by atoms with Crippen LogP contribution in [0.4, 0.5) is 5.82 Å². The average Bonchev–Trinajstić information content (AvgIpc) is 3.36. The van der Waals surface area contributed by atoms with Crippen molar-refractivity contribution in [1.29, 1.82) is 0 Å². The van der Waals surface area contributed by atoms with Gasteiger partial charge in [-0.2, -0.15) is 4.68 Å². The van der Waals surface area contributed by atoms with E-state index in [-0.39, 0.29) is 37.5 Å². The fraction of sp³-hybridized carbons (Fsp3) is 0.438.